The van der Waals surface area contributed by atoms with E-state index in [4.69, 9.17) is 15.3 Å². The Balaban J connectivity index is 1.18. The molecule has 0 bridgehead atoms. The molecule has 1 unspecified atom stereocenters. The van der Waals surface area contributed by atoms with Gasteiger partial charge in [0, 0.05) is 29.3 Å². The van der Waals surface area contributed by atoms with Crippen molar-refractivity contribution in [1.29, 1.82) is 0 Å². The molecule has 8 nitrogen and oxygen atoms in total. The second-order valence-electron chi connectivity index (χ2n) is 9.20. The lowest BCUT2D eigenvalue weighted by Gasteiger charge is -2.24. The molecule has 0 spiro atoms. The topological polar surface area (TPSA) is 98.1 Å². The van der Waals surface area contributed by atoms with Gasteiger partial charge in [-0.3, -0.25) is 14.9 Å². The second-order valence-corrected chi connectivity index (χ2v) is 9.20. The molecule has 1 saturated carbocycles. The van der Waals surface area contributed by atoms with Crippen molar-refractivity contribution in [2.75, 3.05) is 6.61 Å². The molecule has 1 saturated heterocycles. The first-order chi connectivity index (χ1) is 18.4. The number of alkyl carbamates (subject to hydrolysis) is 1. The van der Waals surface area contributed by atoms with Crippen LogP contribution in [-0.4, -0.2) is 41.5 Å². The van der Waals surface area contributed by atoms with Crippen molar-refractivity contribution in [3.63, 3.8) is 0 Å². The number of amides is 3. The molecule has 2 fully saturated rings. The molecule has 8 heteroatoms. The van der Waals surface area contributed by atoms with E-state index < -0.39 is 18.2 Å². The summed E-state index contributed by atoms with van der Waals surface area (Å²) in [4.78, 5) is 37.8. The third-order valence-electron chi connectivity index (χ3n) is 6.47. The number of furan rings is 1. The molecule has 2 heterocycles. The first kappa shape index (κ1) is 23.3. The number of imide groups is 1. The van der Waals surface area contributed by atoms with Gasteiger partial charge in [0.15, 0.2) is 6.10 Å². The normalized spacial score (nSPS) is 18.1. The van der Waals surface area contributed by atoms with Gasteiger partial charge in [0.25, 0.3) is 11.8 Å². The maximum Gasteiger partial charge on any atom is 0.414 e. The van der Waals surface area contributed by atoms with E-state index in [0.717, 1.165) is 36.1 Å². The Morgan fingerprint density at radius 1 is 1.03 bits per heavy atom. The molecule has 1 aliphatic carbocycles. The fourth-order valence-corrected chi connectivity index (χ4v) is 4.35. The van der Waals surface area contributed by atoms with E-state index in [-0.39, 0.29) is 18.4 Å². The van der Waals surface area contributed by atoms with Crippen molar-refractivity contribution in [1.82, 2.24) is 10.2 Å². The van der Waals surface area contributed by atoms with Crippen LogP contribution < -0.4 is 10.1 Å². The summed E-state index contributed by atoms with van der Waals surface area (Å²) in [7, 11) is 0. The molecule has 1 aromatic heterocycles. The number of carbonyl (C=O) groups excluding carboxylic acids is 3. The van der Waals surface area contributed by atoms with Gasteiger partial charge < -0.3 is 18.8 Å². The molecule has 3 aromatic rings. The molecule has 2 aromatic carbocycles. The van der Waals surface area contributed by atoms with Gasteiger partial charge in [-0.15, -0.1) is 0 Å². The van der Waals surface area contributed by atoms with Gasteiger partial charge in [0.05, 0.1) is 14.2 Å². The molecular weight excluding hydrogens is 472 g/mol. The summed E-state index contributed by atoms with van der Waals surface area (Å²) in [5, 5.41) is 2.13. The van der Waals surface area contributed by atoms with Gasteiger partial charge in [-0.25, -0.2) is 4.79 Å². The fraction of sp³-hybridized carbons (Fsp3) is 0.345. The van der Waals surface area contributed by atoms with E-state index in [9.17, 15) is 14.4 Å². The molecule has 1 N–H and O–H groups in total. The summed E-state index contributed by atoms with van der Waals surface area (Å²) in [6, 6.07) is 17.6. The van der Waals surface area contributed by atoms with Crippen LogP contribution >= 0.6 is 0 Å². The number of carbonyl (C=O) groups is 3. The van der Waals surface area contributed by atoms with Gasteiger partial charge in [0.2, 0.25) is 0 Å². The summed E-state index contributed by atoms with van der Waals surface area (Å²) in [5.74, 6) is 0.857. The minimum Gasteiger partial charge on any atom is -0.493 e. The Labute approximate surface area is 216 Å². The van der Waals surface area contributed by atoms with Crippen molar-refractivity contribution >= 4 is 17.9 Å². The van der Waals surface area contributed by atoms with Crippen molar-refractivity contribution in [2.45, 2.75) is 57.2 Å². The van der Waals surface area contributed by atoms with E-state index in [2.05, 4.69) is 5.32 Å². The van der Waals surface area contributed by atoms with Crippen molar-refractivity contribution < 1.29 is 29.6 Å². The Bertz CT molecular complexity index is 1290. The zero-order chi connectivity index (χ0) is 26.5. The van der Waals surface area contributed by atoms with Crippen molar-refractivity contribution in [2.24, 2.45) is 0 Å². The predicted molar refractivity (Wildman–Crippen MR) is 136 cm³/mol. The van der Waals surface area contributed by atoms with E-state index >= 15 is 0 Å². The fourth-order valence-electron chi connectivity index (χ4n) is 4.35. The van der Waals surface area contributed by atoms with Gasteiger partial charge in [0.1, 0.15) is 11.5 Å². The van der Waals surface area contributed by atoms with Crippen molar-refractivity contribution in [3.8, 4) is 17.1 Å². The van der Waals surface area contributed by atoms with Gasteiger partial charge in [-0.2, -0.15) is 0 Å². The highest BCUT2D eigenvalue weighted by Gasteiger charge is 2.34. The first-order valence-electron chi connectivity index (χ1n) is 13.1. The number of unbranched alkanes of at least 4 members (excludes halogenated alkanes) is 2. The molecule has 5 rings (SSSR count). The largest absolute Gasteiger partial charge is 0.493 e. The number of hydrogen-bond acceptors (Lipinski definition) is 6. The number of rotatable bonds is 12. The molecule has 1 aliphatic heterocycles. The van der Waals surface area contributed by atoms with Gasteiger partial charge in [-0.1, -0.05) is 30.3 Å². The van der Waals surface area contributed by atoms with Crippen molar-refractivity contribution in [3.05, 3.63) is 78.1 Å². The van der Waals surface area contributed by atoms with Crippen LogP contribution in [0.15, 0.2) is 71.3 Å². The Hall–Kier alpha value is -4.07. The molecule has 2 aliphatic rings. The van der Waals surface area contributed by atoms with Crippen LogP contribution in [0.5, 0.6) is 5.75 Å². The third kappa shape index (κ3) is 6.20. The average Bonchev–Trinajstić information content (AvgIpc) is 3.29. The monoisotopic (exact) mass is 503 g/mol. The minimum absolute atomic E-state index is 0.185. The zero-order valence-corrected chi connectivity index (χ0v) is 20.5. The third-order valence-corrected chi connectivity index (χ3v) is 6.47. The standard InChI is InChI=1S/C29H30N2O6/c32-27-26(37-29(34)30-27)9-2-1-5-17-35-25-8-4-3-7-22(25)19-31(23-15-16-23)28(33)21-13-11-20(12-14-21)24-10-6-18-36-24/h3-4,6-8,10-14,18,23,26H,1-2,5,9,15-17,19H2,(H,30,32,34)/i23D. The Morgan fingerprint density at radius 3 is 2.54 bits per heavy atom. The van der Waals surface area contributed by atoms with Crippen LogP contribution in [0.25, 0.3) is 11.3 Å². The molecule has 192 valence electrons. The average molecular weight is 504 g/mol. The summed E-state index contributed by atoms with van der Waals surface area (Å²) in [6.45, 7) is 0.752. The summed E-state index contributed by atoms with van der Waals surface area (Å²) in [6.07, 6.45) is 4.31. The minimum atomic E-state index is -0.917. The lowest BCUT2D eigenvalue weighted by molar-refractivity contribution is -0.123. The van der Waals surface area contributed by atoms with E-state index in [1.54, 1.807) is 23.3 Å². The molecule has 3 amide bonds. The highest BCUT2D eigenvalue weighted by molar-refractivity contribution is 5.99. The van der Waals surface area contributed by atoms with E-state index in [1.807, 2.05) is 48.5 Å². The SMILES string of the molecule is [2H]C1(N(Cc2ccccc2OCCCCCC2OC(=O)NC2=O)C(=O)c2ccc(-c3ccco3)cc2)CC1. The van der Waals surface area contributed by atoms with Crippen LogP contribution in [0.3, 0.4) is 0 Å². The Kier molecular flexibility index (Phi) is 7.14. The van der Waals surface area contributed by atoms with E-state index in [1.165, 1.54) is 0 Å². The second kappa shape index (κ2) is 11.3. The van der Waals surface area contributed by atoms with Crippen LogP contribution in [-0.2, 0) is 16.1 Å². The highest BCUT2D eigenvalue weighted by Crippen LogP contribution is 2.32. The van der Waals surface area contributed by atoms with E-state index in [0.29, 0.717) is 37.2 Å². The summed E-state index contributed by atoms with van der Waals surface area (Å²) in [5.41, 5.74) is 2.26. The molecule has 37 heavy (non-hydrogen) atoms. The highest BCUT2D eigenvalue weighted by atomic mass is 16.6. The number of para-hydroxylation sites is 1. The predicted octanol–water partition coefficient (Wildman–Crippen LogP) is 5.33. The smallest absolute Gasteiger partial charge is 0.414 e. The van der Waals surface area contributed by atoms with Gasteiger partial charge >= 0.3 is 6.09 Å². The number of cyclic esters (lactones) is 1. The Morgan fingerprint density at radius 2 is 1.84 bits per heavy atom. The van der Waals surface area contributed by atoms with Crippen LogP contribution in [0, 0.1) is 0 Å². The maximum atomic E-state index is 13.5. The summed E-state index contributed by atoms with van der Waals surface area (Å²) < 4.78 is 25.2. The van der Waals surface area contributed by atoms with Crippen LogP contribution in [0.4, 0.5) is 4.79 Å². The lowest BCUT2D eigenvalue weighted by atomic mass is 10.1. The maximum absolute atomic E-state index is 13.5. The summed E-state index contributed by atoms with van der Waals surface area (Å²) >= 11 is 0. The molecule has 1 atom stereocenters. The van der Waals surface area contributed by atoms with Gasteiger partial charge in [-0.05, 0) is 68.9 Å². The molecular formula is C29H30N2O6. The van der Waals surface area contributed by atoms with Crippen LogP contribution in [0.1, 0.15) is 55.8 Å². The zero-order valence-electron chi connectivity index (χ0n) is 21.5. The quantitative estimate of drug-likeness (QED) is 0.336. The number of nitrogens with zero attached hydrogens (tertiary/aromatic N) is 1. The number of nitrogens with one attached hydrogen (secondary N) is 1. The van der Waals surface area contributed by atoms with Crippen LogP contribution in [0.2, 0.25) is 0 Å². The number of hydrogen-bond donors (Lipinski definition) is 1. The molecule has 0 radical (unpaired) electrons. The first-order valence-corrected chi connectivity index (χ1v) is 12.6. The lowest BCUT2D eigenvalue weighted by Crippen LogP contribution is -2.32. The number of benzene rings is 2. The number of ether oxygens (including phenoxy) is 2.